The molecular weight excluding hydrogens is 244 g/mol. The second-order valence-electron chi connectivity index (χ2n) is 5.62. The molecule has 1 aliphatic rings. The van der Waals surface area contributed by atoms with Gasteiger partial charge in [0, 0.05) is 25.2 Å². The van der Waals surface area contributed by atoms with Crippen molar-refractivity contribution < 1.29 is 14.3 Å². The van der Waals surface area contributed by atoms with Gasteiger partial charge in [0.2, 0.25) is 5.88 Å². The third-order valence-corrected chi connectivity index (χ3v) is 2.72. The highest BCUT2D eigenvalue weighted by atomic mass is 16.6. The molecule has 0 aromatic carbocycles. The monoisotopic (exact) mass is 264 g/mol. The van der Waals surface area contributed by atoms with Gasteiger partial charge in [0.15, 0.2) is 0 Å². The zero-order valence-electron chi connectivity index (χ0n) is 11.6. The minimum atomic E-state index is -0.461. The van der Waals surface area contributed by atoms with Crippen molar-refractivity contribution in [3.63, 3.8) is 0 Å². The van der Waals surface area contributed by atoms with E-state index in [2.05, 4.69) is 4.98 Å². The van der Waals surface area contributed by atoms with E-state index >= 15 is 0 Å². The quantitative estimate of drug-likeness (QED) is 0.823. The number of hydrogen-bond acceptors (Lipinski definition) is 4. The Kier molecular flexibility index (Phi) is 3.93. The number of carbonyl (C=O) groups excluding carboxylic acids is 1. The lowest BCUT2D eigenvalue weighted by molar-refractivity contribution is 0.0275. The zero-order chi connectivity index (χ0) is 13.9. The molecule has 0 bridgehead atoms. The summed E-state index contributed by atoms with van der Waals surface area (Å²) < 4.78 is 11.1. The van der Waals surface area contributed by atoms with E-state index in [9.17, 15) is 4.79 Å². The molecule has 104 valence electrons. The molecule has 1 amide bonds. The first kappa shape index (κ1) is 13.6. The van der Waals surface area contributed by atoms with Crippen molar-refractivity contribution >= 4 is 6.09 Å². The third-order valence-electron chi connectivity index (χ3n) is 2.72. The van der Waals surface area contributed by atoms with Crippen LogP contribution in [0.15, 0.2) is 24.4 Å². The van der Waals surface area contributed by atoms with Crippen LogP contribution in [0.3, 0.4) is 0 Å². The van der Waals surface area contributed by atoms with Gasteiger partial charge in [-0.1, -0.05) is 6.07 Å². The molecule has 5 nitrogen and oxygen atoms in total. The Labute approximate surface area is 113 Å². The van der Waals surface area contributed by atoms with Gasteiger partial charge in [-0.2, -0.15) is 0 Å². The first-order valence-corrected chi connectivity index (χ1v) is 6.50. The molecule has 5 heteroatoms. The van der Waals surface area contributed by atoms with Gasteiger partial charge in [0.05, 0.1) is 6.54 Å². The molecular formula is C14H20N2O3. The number of likely N-dealkylation sites (tertiary alicyclic amines) is 1. The Morgan fingerprint density at radius 2 is 2.21 bits per heavy atom. The first-order chi connectivity index (χ1) is 8.94. The molecule has 0 aliphatic carbocycles. The molecule has 0 N–H and O–H groups in total. The van der Waals surface area contributed by atoms with Crippen LogP contribution in [0.25, 0.3) is 0 Å². The molecule has 19 heavy (non-hydrogen) atoms. The molecule has 1 fully saturated rings. The van der Waals surface area contributed by atoms with Gasteiger partial charge < -0.3 is 14.4 Å². The smallest absolute Gasteiger partial charge is 0.410 e. The van der Waals surface area contributed by atoms with Crippen LogP contribution in [0.5, 0.6) is 5.88 Å². The molecule has 1 aliphatic heterocycles. The summed E-state index contributed by atoms with van der Waals surface area (Å²) in [5.74, 6) is 0.596. The van der Waals surface area contributed by atoms with Crippen molar-refractivity contribution in [2.75, 3.05) is 13.1 Å². The summed E-state index contributed by atoms with van der Waals surface area (Å²) in [7, 11) is 0. The Morgan fingerprint density at radius 3 is 2.84 bits per heavy atom. The number of carbonyl (C=O) groups is 1. The van der Waals surface area contributed by atoms with E-state index < -0.39 is 5.60 Å². The van der Waals surface area contributed by atoms with E-state index in [0.29, 0.717) is 19.0 Å². The lowest BCUT2D eigenvalue weighted by Crippen LogP contribution is -2.36. The number of hydrogen-bond donors (Lipinski definition) is 0. The van der Waals surface area contributed by atoms with Gasteiger partial charge >= 0.3 is 6.09 Å². The van der Waals surface area contributed by atoms with E-state index in [1.54, 1.807) is 11.1 Å². The molecule has 2 heterocycles. The second-order valence-corrected chi connectivity index (χ2v) is 5.62. The number of ether oxygens (including phenoxy) is 2. The van der Waals surface area contributed by atoms with Crippen LogP contribution in [0.2, 0.25) is 0 Å². The predicted molar refractivity (Wildman–Crippen MR) is 71.1 cm³/mol. The minimum absolute atomic E-state index is 0.0116. The fourth-order valence-corrected chi connectivity index (χ4v) is 1.90. The van der Waals surface area contributed by atoms with Gasteiger partial charge in [-0.05, 0) is 26.8 Å². The molecule has 0 radical (unpaired) electrons. The number of aromatic nitrogens is 1. The van der Waals surface area contributed by atoms with Crippen LogP contribution in [-0.4, -0.2) is 40.8 Å². The average molecular weight is 264 g/mol. The summed E-state index contributed by atoms with van der Waals surface area (Å²) in [6.45, 7) is 6.80. The highest BCUT2D eigenvalue weighted by Gasteiger charge is 2.30. The fourth-order valence-electron chi connectivity index (χ4n) is 1.90. The number of pyridine rings is 1. The maximum absolute atomic E-state index is 11.9. The Bertz CT molecular complexity index is 428. The second kappa shape index (κ2) is 5.47. The van der Waals surface area contributed by atoms with Gasteiger partial charge in [-0.3, -0.25) is 0 Å². The number of amides is 1. The van der Waals surface area contributed by atoms with Gasteiger partial charge in [0.25, 0.3) is 0 Å². The predicted octanol–water partition coefficient (Wildman–Crippen LogP) is 2.47. The van der Waals surface area contributed by atoms with Gasteiger partial charge in [0.1, 0.15) is 11.7 Å². The lowest BCUT2D eigenvalue weighted by atomic mass is 10.2. The van der Waals surface area contributed by atoms with E-state index in [0.717, 1.165) is 6.42 Å². The standard InChI is InChI=1S/C14H20N2O3/c1-14(2,3)19-13(17)16-9-7-11(10-16)18-12-6-4-5-8-15-12/h4-6,8,11H,7,9-10H2,1-3H3/t11-/m1/s1. The fraction of sp³-hybridized carbons (Fsp3) is 0.571. The molecule has 2 rings (SSSR count). The van der Waals surface area contributed by atoms with Crippen molar-refractivity contribution in [2.45, 2.75) is 38.9 Å². The Balaban J connectivity index is 1.85. The van der Waals surface area contributed by atoms with E-state index in [1.165, 1.54) is 0 Å². The van der Waals surface area contributed by atoms with Crippen molar-refractivity contribution in [3.05, 3.63) is 24.4 Å². The molecule has 0 saturated carbocycles. The maximum atomic E-state index is 11.9. The SMILES string of the molecule is CC(C)(C)OC(=O)N1CC[C@@H](Oc2ccccn2)C1. The van der Waals surface area contributed by atoms with Crippen LogP contribution >= 0.6 is 0 Å². The summed E-state index contributed by atoms with van der Waals surface area (Å²) in [5.41, 5.74) is -0.461. The van der Waals surface area contributed by atoms with Crippen LogP contribution in [-0.2, 0) is 4.74 Å². The van der Waals surface area contributed by atoms with Gasteiger partial charge in [-0.15, -0.1) is 0 Å². The lowest BCUT2D eigenvalue weighted by Gasteiger charge is -2.24. The Hall–Kier alpha value is -1.78. The van der Waals surface area contributed by atoms with Crippen molar-refractivity contribution in [3.8, 4) is 5.88 Å². The summed E-state index contributed by atoms with van der Waals surface area (Å²) in [4.78, 5) is 17.7. The zero-order valence-corrected chi connectivity index (χ0v) is 11.6. The summed E-state index contributed by atoms with van der Waals surface area (Å²) in [5, 5.41) is 0. The normalized spacial score (nSPS) is 19.3. The molecule has 1 aromatic rings. The molecule has 1 aromatic heterocycles. The third kappa shape index (κ3) is 4.12. The number of nitrogens with zero attached hydrogens (tertiary/aromatic N) is 2. The Morgan fingerprint density at radius 1 is 1.42 bits per heavy atom. The van der Waals surface area contributed by atoms with E-state index in [1.807, 2.05) is 39.0 Å². The highest BCUT2D eigenvalue weighted by Crippen LogP contribution is 2.18. The minimum Gasteiger partial charge on any atom is -0.472 e. The van der Waals surface area contributed by atoms with Crippen LogP contribution in [0.4, 0.5) is 4.79 Å². The summed E-state index contributed by atoms with van der Waals surface area (Å²) in [6, 6.07) is 5.54. The van der Waals surface area contributed by atoms with Crippen molar-refractivity contribution in [2.24, 2.45) is 0 Å². The average Bonchev–Trinajstić information content (AvgIpc) is 2.77. The van der Waals surface area contributed by atoms with Crippen LogP contribution in [0.1, 0.15) is 27.2 Å². The van der Waals surface area contributed by atoms with Crippen molar-refractivity contribution in [1.82, 2.24) is 9.88 Å². The summed E-state index contributed by atoms with van der Waals surface area (Å²) >= 11 is 0. The topological polar surface area (TPSA) is 51.7 Å². The largest absolute Gasteiger partial charge is 0.472 e. The first-order valence-electron chi connectivity index (χ1n) is 6.50. The molecule has 1 atom stereocenters. The van der Waals surface area contributed by atoms with Gasteiger partial charge in [-0.25, -0.2) is 9.78 Å². The maximum Gasteiger partial charge on any atom is 0.410 e. The molecule has 1 saturated heterocycles. The number of rotatable bonds is 2. The van der Waals surface area contributed by atoms with Crippen molar-refractivity contribution in [1.29, 1.82) is 0 Å². The highest BCUT2D eigenvalue weighted by molar-refractivity contribution is 5.68. The van der Waals surface area contributed by atoms with Crippen LogP contribution < -0.4 is 4.74 Å². The molecule has 0 unspecified atom stereocenters. The molecule has 0 spiro atoms. The van der Waals surface area contributed by atoms with E-state index in [-0.39, 0.29) is 12.2 Å². The van der Waals surface area contributed by atoms with E-state index in [4.69, 9.17) is 9.47 Å². The summed E-state index contributed by atoms with van der Waals surface area (Å²) in [6.07, 6.45) is 2.20. The van der Waals surface area contributed by atoms with Crippen LogP contribution in [0, 0.1) is 0 Å².